The van der Waals surface area contributed by atoms with Crippen LogP contribution in [0.25, 0.3) is 5.69 Å². The molecule has 2 heterocycles. The zero-order valence-corrected chi connectivity index (χ0v) is 15.8. The summed E-state index contributed by atoms with van der Waals surface area (Å²) < 4.78 is 1.86. The summed E-state index contributed by atoms with van der Waals surface area (Å²) in [6.07, 6.45) is 3.73. The Balaban J connectivity index is 1.79. The number of hydrogen-bond donors (Lipinski definition) is 1. The topological polar surface area (TPSA) is 55.6 Å². The quantitative estimate of drug-likeness (QED) is 0.516. The Hall–Kier alpha value is -2.34. The number of hydrogen-bond acceptors (Lipinski definition) is 5. The second-order valence-corrected chi connectivity index (χ2v) is 7.81. The van der Waals surface area contributed by atoms with E-state index in [1.54, 1.807) is 18.0 Å². The fourth-order valence-electron chi connectivity index (χ4n) is 2.58. The highest BCUT2D eigenvalue weighted by molar-refractivity contribution is 7.99. The summed E-state index contributed by atoms with van der Waals surface area (Å²) in [5.41, 5.74) is 2.23. The molecule has 0 aliphatic carbocycles. The van der Waals surface area contributed by atoms with Crippen LogP contribution >= 0.6 is 11.8 Å². The Labute approximate surface area is 152 Å². The van der Waals surface area contributed by atoms with Crippen LogP contribution in [-0.4, -0.2) is 25.0 Å². The Morgan fingerprint density at radius 3 is 2.64 bits per heavy atom. The minimum Gasteiger partial charge on any atom is -0.363 e. The summed E-state index contributed by atoms with van der Waals surface area (Å²) in [6, 6.07) is 12.4. The van der Waals surface area contributed by atoms with Crippen molar-refractivity contribution in [3.8, 4) is 5.69 Å². The maximum Gasteiger partial charge on any atom is 0.131 e. The molecule has 1 N–H and O–H groups in total. The first kappa shape index (κ1) is 17.5. The first-order valence-corrected chi connectivity index (χ1v) is 9.28. The van der Waals surface area contributed by atoms with E-state index in [1.807, 2.05) is 29.9 Å². The van der Waals surface area contributed by atoms with Crippen molar-refractivity contribution in [3.63, 3.8) is 0 Å². The van der Waals surface area contributed by atoms with Crippen molar-refractivity contribution in [2.75, 3.05) is 5.32 Å². The van der Waals surface area contributed by atoms with Gasteiger partial charge in [-0.25, -0.2) is 14.6 Å². The number of nitrogens with one attached hydrogen (secondary N) is 1. The molecule has 0 saturated heterocycles. The maximum absolute atomic E-state index is 4.53. The van der Waals surface area contributed by atoms with Crippen LogP contribution in [0.1, 0.15) is 38.2 Å². The first-order valence-electron chi connectivity index (χ1n) is 8.40. The highest BCUT2D eigenvalue weighted by Gasteiger charge is 2.10. The third-order valence-electron chi connectivity index (χ3n) is 3.67. The van der Waals surface area contributed by atoms with Gasteiger partial charge in [0.25, 0.3) is 0 Å². The Kier molecular flexibility index (Phi) is 5.38. The van der Waals surface area contributed by atoms with E-state index in [0.717, 1.165) is 22.4 Å². The van der Waals surface area contributed by atoms with E-state index < -0.39 is 0 Å². The number of aromatic nitrogens is 4. The fourth-order valence-corrected chi connectivity index (χ4v) is 3.43. The molecule has 0 amide bonds. The van der Waals surface area contributed by atoms with Crippen LogP contribution in [0.4, 0.5) is 5.82 Å². The van der Waals surface area contributed by atoms with E-state index in [4.69, 9.17) is 0 Å². The molecular formula is C19H23N5S. The van der Waals surface area contributed by atoms with Crippen LogP contribution in [-0.2, 0) is 0 Å². The summed E-state index contributed by atoms with van der Waals surface area (Å²) in [4.78, 5) is 9.03. The van der Waals surface area contributed by atoms with Gasteiger partial charge in [0.2, 0.25) is 0 Å². The molecule has 2 aromatic heterocycles. The van der Waals surface area contributed by atoms with E-state index in [2.05, 4.69) is 65.4 Å². The predicted molar refractivity (Wildman–Crippen MR) is 103 cm³/mol. The fraction of sp³-hybridized carbons (Fsp3) is 0.316. The molecule has 0 spiro atoms. The van der Waals surface area contributed by atoms with Crippen LogP contribution in [0.5, 0.6) is 0 Å². The first-order chi connectivity index (χ1) is 12.0. The van der Waals surface area contributed by atoms with E-state index in [9.17, 15) is 0 Å². The minimum absolute atomic E-state index is 0.127. The molecule has 3 aromatic rings. The molecule has 5 nitrogen and oxygen atoms in total. The van der Waals surface area contributed by atoms with Gasteiger partial charge >= 0.3 is 0 Å². The lowest BCUT2D eigenvalue weighted by Crippen LogP contribution is -2.10. The molecule has 0 radical (unpaired) electrons. The summed E-state index contributed by atoms with van der Waals surface area (Å²) in [6.45, 7) is 8.39. The van der Waals surface area contributed by atoms with Gasteiger partial charge in [0.15, 0.2) is 0 Å². The van der Waals surface area contributed by atoms with Crippen LogP contribution < -0.4 is 5.32 Å². The van der Waals surface area contributed by atoms with Gasteiger partial charge in [-0.1, -0.05) is 26.0 Å². The monoisotopic (exact) mass is 353 g/mol. The average Bonchev–Trinajstić information content (AvgIpc) is 3.08. The standard InChI is InChI=1S/C19H23N5S/c1-13(2)25-19-12-18(22-15(4)23-19)21-14(3)16-7-5-8-17(11-16)24-10-6-9-20-24/h5-14H,1-4H3,(H,21,22,23). The molecule has 25 heavy (non-hydrogen) atoms. The van der Waals surface area contributed by atoms with Gasteiger partial charge in [-0.05, 0) is 37.6 Å². The van der Waals surface area contributed by atoms with E-state index >= 15 is 0 Å². The molecule has 6 heteroatoms. The van der Waals surface area contributed by atoms with Gasteiger partial charge in [0.1, 0.15) is 16.7 Å². The van der Waals surface area contributed by atoms with Crippen LogP contribution in [0.2, 0.25) is 0 Å². The Morgan fingerprint density at radius 2 is 1.92 bits per heavy atom. The van der Waals surface area contributed by atoms with Crippen molar-refractivity contribution < 1.29 is 0 Å². The van der Waals surface area contributed by atoms with E-state index in [0.29, 0.717) is 5.25 Å². The molecule has 3 rings (SSSR count). The van der Waals surface area contributed by atoms with Crippen molar-refractivity contribution in [2.45, 2.75) is 44.0 Å². The van der Waals surface area contributed by atoms with Gasteiger partial charge in [0.05, 0.1) is 11.7 Å². The average molecular weight is 353 g/mol. The van der Waals surface area contributed by atoms with E-state index in [1.165, 1.54) is 5.56 Å². The number of thioether (sulfide) groups is 1. The molecule has 0 fully saturated rings. The summed E-state index contributed by atoms with van der Waals surface area (Å²) >= 11 is 1.75. The molecular weight excluding hydrogens is 330 g/mol. The number of benzene rings is 1. The third-order valence-corrected chi connectivity index (χ3v) is 4.60. The largest absolute Gasteiger partial charge is 0.363 e. The van der Waals surface area contributed by atoms with E-state index in [-0.39, 0.29) is 6.04 Å². The van der Waals surface area contributed by atoms with Crippen molar-refractivity contribution in [3.05, 3.63) is 60.2 Å². The van der Waals surface area contributed by atoms with Crippen molar-refractivity contribution >= 4 is 17.6 Å². The molecule has 0 saturated carbocycles. The highest BCUT2D eigenvalue weighted by atomic mass is 32.2. The van der Waals surface area contributed by atoms with Crippen molar-refractivity contribution in [1.29, 1.82) is 0 Å². The smallest absolute Gasteiger partial charge is 0.131 e. The highest BCUT2D eigenvalue weighted by Crippen LogP contribution is 2.25. The van der Waals surface area contributed by atoms with Crippen LogP contribution in [0, 0.1) is 6.92 Å². The number of aryl methyl sites for hydroxylation is 1. The van der Waals surface area contributed by atoms with Gasteiger partial charge in [-0.2, -0.15) is 5.10 Å². The lowest BCUT2D eigenvalue weighted by Gasteiger charge is -2.17. The lowest BCUT2D eigenvalue weighted by atomic mass is 10.1. The number of nitrogens with zero attached hydrogens (tertiary/aromatic N) is 4. The summed E-state index contributed by atoms with van der Waals surface area (Å²) in [5.74, 6) is 1.64. The second kappa shape index (κ2) is 7.70. The number of rotatable bonds is 6. The normalized spacial score (nSPS) is 12.4. The number of anilines is 1. The van der Waals surface area contributed by atoms with Crippen molar-refractivity contribution in [1.82, 2.24) is 19.7 Å². The second-order valence-electron chi connectivity index (χ2n) is 6.22. The van der Waals surface area contributed by atoms with Gasteiger partial charge < -0.3 is 5.32 Å². The zero-order chi connectivity index (χ0) is 17.8. The van der Waals surface area contributed by atoms with Crippen LogP contribution in [0.15, 0.2) is 53.8 Å². The van der Waals surface area contributed by atoms with Gasteiger partial charge in [-0.3, -0.25) is 0 Å². The maximum atomic E-state index is 4.53. The lowest BCUT2D eigenvalue weighted by molar-refractivity contribution is 0.841. The Morgan fingerprint density at radius 1 is 1.08 bits per heavy atom. The molecule has 0 aliphatic heterocycles. The molecule has 1 aromatic carbocycles. The van der Waals surface area contributed by atoms with Crippen LogP contribution in [0.3, 0.4) is 0 Å². The third kappa shape index (κ3) is 4.60. The molecule has 130 valence electrons. The Bertz CT molecular complexity index is 830. The SMILES string of the molecule is Cc1nc(NC(C)c2cccc(-n3cccn3)c2)cc(SC(C)C)n1. The molecule has 1 atom stereocenters. The summed E-state index contributed by atoms with van der Waals surface area (Å²) in [7, 11) is 0. The predicted octanol–water partition coefficient (Wildman–Crippen LogP) is 4.64. The van der Waals surface area contributed by atoms with Gasteiger partial charge in [-0.15, -0.1) is 11.8 Å². The molecule has 0 aliphatic rings. The molecule has 0 bridgehead atoms. The van der Waals surface area contributed by atoms with Crippen molar-refractivity contribution in [2.24, 2.45) is 0 Å². The zero-order valence-electron chi connectivity index (χ0n) is 15.0. The summed E-state index contributed by atoms with van der Waals surface area (Å²) in [5, 5.41) is 9.28. The molecule has 1 unspecified atom stereocenters. The minimum atomic E-state index is 0.127. The van der Waals surface area contributed by atoms with Gasteiger partial charge in [0, 0.05) is 23.7 Å².